The highest BCUT2D eigenvalue weighted by Crippen LogP contribution is 2.19. The Morgan fingerprint density at radius 2 is 1.92 bits per heavy atom. The number of carbonyl (C=O) groups is 2. The minimum Gasteiger partial charge on any atom is -0.444 e. The topological polar surface area (TPSA) is 109 Å². The maximum Gasteiger partial charge on any atom is 0.250 e. The standard InChI is InChI=1S/C19H14N4O3/c20-11-15(18(25)23-17-8-4-5-9-21-17)16(24)10-14-12-26-19(22-14)13-6-2-1-3-7-13/h1-9,12,15H,10H2,(H,21,23,25)/t15-/m0/s1. The predicted molar refractivity (Wildman–Crippen MR) is 92.6 cm³/mol. The van der Waals surface area contributed by atoms with Crippen LogP contribution in [0, 0.1) is 17.2 Å². The van der Waals surface area contributed by atoms with Gasteiger partial charge in [-0.3, -0.25) is 9.59 Å². The van der Waals surface area contributed by atoms with Crippen LogP contribution in [0.1, 0.15) is 5.69 Å². The van der Waals surface area contributed by atoms with E-state index in [1.807, 2.05) is 30.3 Å². The van der Waals surface area contributed by atoms with Crippen LogP contribution in [-0.2, 0) is 16.0 Å². The van der Waals surface area contributed by atoms with E-state index in [9.17, 15) is 14.9 Å². The third kappa shape index (κ3) is 3.99. The zero-order chi connectivity index (χ0) is 18.4. The summed E-state index contributed by atoms with van der Waals surface area (Å²) in [7, 11) is 0. The first-order valence-electron chi connectivity index (χ1n) is 7.81. The molecule has 2 aromatic heterocycles. The highest BCUT2D eigenvalue weighted by Gasteiger charge is 2.27. The molecule has 1 N–H and O–H groups in total. The molecule has 0 aliphatic rings. The molecule has 7 heteroatoms. The van der Waals surface area contributed by atoms with E-state index >= 15 is 0 Å². The van der Waals surface area contributed by atoms with E-state index in [0.29, 0.717) is 11.6 Å². The summed E-state index contributed by atoms with van der Waals surface area (Å²) in [4.78, 5) is 32.7. The molecule has 0 fully saturated rings. The van der Waals surface area contributed by atoms with E-state index in [2.05, 4.69) is 15.3 Å². The maximum atomic E-state index is 12.3. The van der Waals surface area contributed by atoms with Crippen LogP contribution in [0.15, 0.2) is 65.4 Å². The number of anilines is 1. The lowest BCUT2D eigenvalue weighted by Crippen LogP contribution is -2.30. The fourth-order valence-corrected chi connectivity index (χ4v) is 2.29. The number of nitriles is 1. The lowest BCUT2D eigenvalue weighted by atomic mass is 10.0. The van der Waals surface area contributed by atoms with Crippen molar-refractivity contribution < 1.29 is 14.0 Å². The first-order chi connectivity index (χ1) is 12.7. The maximum absolute atomic E-state index is 12.3. The number of ketones is 1. The van der Waals surface area contributed by atoms with Gasteiger partial charge in [-0.05, 0) is 24.3 Å². The normalized spacial score (nSPS) is 11.3. The number of hydrogen-bond donors (Lipinski definition) is 1. The second kappa shape index (κ2) is 7.85. The van der Waals surface area contributed by atoms with Crippen molar-refractivity contribution in [3.63, 3.8) is 0 Å². The smallest absolute Gasteiger partial charge is 0.250 e. The zero-order valence-corrected chi connectivity index (χ0v) is 13.6. The van der Waals surface area contributed by atoms with Gasteiger partial charge in [0.05, 0.1) is 18.2 Å². The van der Waals surface area contributed by atoms with Gasteiger partial charge in [0.2, 0.25) is 5.89 Å². The summed E-state index contributed by atoms with van der Waals surface area (Å²) < 4.78 is 5.36. The van der Waals surface area contributed by atoms with Crippen molar-refractivity contribution in [2.75, 3.05) is 5.32 Å². The van der Waals surface area contributed by atoms with E-state index in [4.69, 9.17) is 4.42 Å². The average molecular weight is 346 g/mol. The number of oxazole rings is 1. The van der Waals surface area contributed by atoms with Crippen molar-refractivity contribution in [3.8, 4) is 17.5 Å². The monoisotopic (exact) mass is 346 g/mol. The van der Waals surface area contributed by atoms with Gasteiger partial charge < -0.3 is 9.73 Å². The Bertz CT molecular complexity index is 946. The van der Waals surface area contributed by atoms with Crippen LogP contribution in [0.25, 0.3) is 11.5 Å². The van der Waals surface area contributed by atoms with E-state index in [1.54, 1.807) is 24.3 Å². The second-order valence-electron chi connectivity index (χ2n) is 5.42. The third-order valence-corrected chi connectivity index (χ3v) is 3.56. The number of hydrogen-bond acceptors (Lipinski definition) is 6. The molecule has 1 atom stereocenters. The van der Waals surface area contributed by atoms with Crippen molar-refractivity contribution in [1.82, 2.24) is 9.97 Å². The summed E-state index contributed by atoms with van der Waals surface area (Å²) in [6.07, 6.45) is 2.68. The minimum atomic E-state index is -1.45. The molecule has 7 nitrogen and oxygen atoms in total. The summed E-state index contributed by atoms with van der Waals surface area (Å²) in [5, 5.41) is 11.7. The highest BCUT2D eigenvalue weighted by molar-refractivity contribution is 6.09. The number of Topliss-reactive ketones (excluding diaryl/α,β-unsaturated/α-hetero) is 1. The Balaban J connectivity index is 1.67. The summed E-state index contributed by atoms with van der Waals surface area (Å²) in [6, 6.07) is 15.9. The molecule has 1 aromatic carbocycles. The number of nitrogens with zero attached hydrogens (tertiary/aromatic N) is 3. The quantitative estimate of drug-likeness (QED) is 0.687. The third-order valence-electron chi connectivity index (χ3n) is 3.56. The molecule has 26 heavy (non-hydrogen) atoms. The predicted octanol–water partition coefficient (Wildman–Crippen LogP) is 2.63. The summed E-state index contributed by atoms with van der Waals surface area (Å²) in [6.45, 7) is 0. The van der Waals surface area contributed by atoms with Crippen LogP contribution >= 0.6 is 0 Å². The lowest BCUT2D eigenvalue weighted by molar-refractivity contribution is -0.128. The molecule has 2 heterocycles. The van der Waals surface area contributed by atoms with E-state index < -0.39 is 17.6 Å². The van der Waals surface area contributed by atoms with Gasteiger partial charge in [-0.1, -0.05) is 24.3 Å². The Morgan fingerprint density at radius 1 is 1.15 bits per heavy atom. The van der Waals surface area contributed by atoms with Gasteiger partial charge in [-0.2, -0.15) is 5.26 Å². The number of rotatable bonds is 6. The first-order valence-corrected chi connectivity index (χ1v) is 7.81. The van der Waals surface area contributed by atoms with Crippen LogP contribution in [0.5, 0.6) is 0 Å². The minimum absolute atomic E-state index is 0.176. The van der Waals surface area contributed by atoms with E-state index in [1.165, 1.54) is 12.5 Å². The second-order valence-corrected chi connectivity index (χ2v) is 5.42. The summed E-state index contributed by atoms with van der Waals surface area (Å²) in [5.41, 5.74) is 1.13. The molecular formula is C19H14N4O3. The molecule has 0 unspecified atom stereocenters. The molecule has 0 radical (unpaired) electrons. The number of benzene rings is 1. The molecule has 0 saturated carbocycles. The summed E-state index contributed by atoms with van der Waals surface area (Å²) in [5.74, 6) is -2.08. The van der Waals surface area contributed by atoms with Gasteiger partial charge in [0, 0.05) is 11.8 Å². The van der Waals surface area contributed by atoms with Crippen molar-refractivity contribution in [2.45, 2.75) is 6.42 Å². The molecule has 1 amide bonds. The van der Waals surface area contributed by atoms with Crippen LogP contribution in [-0.4, -0.2) is 21.7 Å². The SMILES string of the molecule is N#C[C@@H](C(=O)Cc1coc(-c2ccccc2)n1)C(=O)Nc1ccccn1. The number of amides is 1. The number of pyridine rings is 1. The van der Waals surface area contributed by atoms with Crippen LogP contribution in [0.2, 0.25) is 0 Å². The van der Waals surface area contributed by atoms with Gasteiger partial charge in [0.1, 0.15) is 12.1 Å². The average Bonchev–Trinajstić information content (AvgIpc) is 3.12. The van der Waals surface area contributed by atoms with Crippen LogP contribution in [0.3, 0.4) is 0 Å². The molecule has 0 aliphatic carbocycles. The molecule has 128 valence electrons. The van der Waals surface area contributed by atoms with Gasteiger partial charge in [0.15, 0.2) is 11.7 Å². The van der Waals surface area contributed by atoms with Crippen molar-refractivity contribution in [1.29, 1.82) is 5.26 Å². The fraction of sp³-hybridized carbons (Fsp3) is 0.105. The molecule has 3 aromatic rings. The Morgan fingerprint density at radius 3 is 2.62 bits per heavy atom. The van der Waals surface area contributed by atoms with Gasteiger partial charge in [0.25, 0.3) is 5.91 Å². The van der Waals surface area contributed by atoms with Crippen LogP contribution in [0.4, 0.5) is 5.82 Å². The highest BCUT2D eigenvalue weighted by atomic mass is 16.3. The van der Waals surface area contributed by atoms with Gasteiger partial charge in [-0.25, -0.2) is 9.97 Å². The Hall–Kier alpha value is -3.79. The lowest BCUT2D eigenvalue weighted by Gasteiger charge is -2.07. The van der Waals surface area contributed by atoms with Crippen molar-refractivity contribution in [3.05, 3.63) is 66.7 Å². The largest absolute Gasteiger partial charge is 0.444 e. The van der Waals surface area contributed by atoms with Crippen LogP contribution < -0.4 is 5.32 Å². The number of aromatic nitrogens is 2. The van der Waals surface area contributed by atoms with E-state index in [0.717, 1.165) is 5.56 Å². The number of carbonyl (C=O) groups excluding carboxylic acids is 2. The number of nitrogens with one attached hydrogen (secondary N) is 1. The summed E-state index contributed by atoms with van der Waals surface area (Å²) >= 11 is 0. The van der Waals surface area contributed by atoms with Crippen molar-refractivity contribution in [2.24, 2.45) is 5.92 Å². The zero-order valence-electron chi connectivity index (χ0n) is 13.6. The molecule has 3 rings (SSSR count). The fourth-order valence-electron chi connectivity index (χ4n) is 2.29. The molecule has 0 saturated heterocycles. The molecule has 0 bridgehead atoms. The Kier molecular flexibility index (Phi) is 5.15. The molecule has 0 aliphatic heterocycles. The van der Waals surface area contributed by atoms with Gasteiger partial charge in [-0.15, -0.1) is 0 Å². The van der Waals surface area contributed by atoms with E-state index in [-0.39, 0.29) is 12.2 Å². The van der Waals surface area contributed by atoms with Gasteiger partial charge >= 0.3 is 0 Å². The first kappa shape index (κ1) is 17.0. The Labute approximate surface area is 149 Å². The van der Waals surface area contributed by atoms with Crippen molar-refractivity contribution >= 4 is 17.5 Å². The molecule has 0 spiro atoms. The molecular weight excluding hydrogens is 332 g/mol.